The van der Waals surface area contributed by atoms with Crippen LogP contribution in [0.25, 0.3) is 5.52 Å². The second-order valence-electron chi connectivity index (χ2n) is 4.43. The number of aromatic nitrogens is 1. The van der Waals surface area contributed by atoms with Crippen LogP contribution in [0.5, 0.6) is 0 Å². The van der Waals surface area contributed by atoms with Gasteiger partial charge in [0.15, 0.2) is 5.78 Å². The monoisotopic (exact) mass is 259 g/mol. The predicted molar refractivity (Wildman–Crippen MR) is 72.7 cm³/mol. The minimum Gasteiger partial charge on any atom is -0.462 e. The number of Topliss-reactive ketones (excluding diaryl/α,β-unsaturated/α-hetero) is 1. The standard InChI is InChI=1S/C15H17NO3/c1-4-14(17)11-6-12-7-13(15(18)19-5-2)10(3)8-16(12)9-11/h6-9H,4-5H2,1-3H3. The topological polar surface area (TPSA) is 47.8 Å². The summed E-state index contributed by atoms with van der Waals surface area (Å²) in [6.07, 6.45) is 4.11. The van der Waals surface area contributed by atoms with Gasteiger partial charge in [-0.2, -0.15) is 0 Å². The van der Waals surface area contributed by atoms with E-state index in [2.05, 4.69) is 0 Å². The number of fused-ring (bicyclic) bond motifs is 1. The summed E-state index contributed by atoms with van der Waals surface area (Å²) in [7, 11) is 0. The Morgan fingerprint density at radius 3 is 2.58 bits per heavy atom. The lowest BCUT2D eigenvalue weighted by Crippen LogP contribution is -2.07. The highest BCUT2D eigenvalue weighted by Crippen LogP contribution is 2.17. The Kier molecular flexibility index (Phi) is 3.69. The minimum absolute atomic E-state index is 0.0963. The second kappa shape index (κ2) is 5.26. The number of carbonyl (C=O) groups excluding carboxylic acids is 2. The van der Waals surface area contributed by atoms with Crippen LogP contribution >= 0.6 is 0 Å². The predicted octanol–water partition coefficient (Wildman–Crippen LogP) is 3.02. The smallest absolute Gasteiger partial charge is 0.338 e. The van der Waals surface area contributed by atoms with E-state index >= 15 is 0 Å². The van der Waals surface area contributed by atoms with Gasteiger partial charge in [0.05, 0.1) is 12.2 Å². The fourth-order valence-electron chi connectivity index (χ4n) is 2.05. The van der Waals surface area contributed by atoms with Crippen molar-refractivity contribution >= 4 is 17.3 Å². The van der Waals surface area contributed by atoms with Crippen molar-refractivity contribution in [2.45, 2.75) is 27.2 Å². The molecular weight excluding hydrogens is 242 g/mol. The van der Waals surface area contributed by atoms with E-state index in [4.69, 9.17) is 4.74 Å². The van der Waals surface area contributed by atoms with Crippen molar-refractivity contribution in [1.82, 2.24) is 4.40 Å². The van der Waals surface area contributed by atoms with Gasteiger partial charge in [-0.05, 0) is 31.5 Å². The molecule has 0 spiro atoms. The Morgan fingerprint density at radius 2 is 1.95 bits per heavy atom. The van der Waals surface area contributed by atoms with E-state index in [0.29, 0.717) is 24.2 Å². The summed E-state index contributed by atoms with van der Waals surface area (Å²) in [4.78, 5) is 23.5. The Morgan fingerprint density at radius 1 is 1.21 bits per heavy atom. The van der Waals surface area contributed by atoms with Crippen molar-refractivity contribution in [2.24, 2.45) is 0 Å². The lowest BCUT2D eigenvalue weighted by atomic mass is 10.1. The van der Waals surface area contributed by atoms with E-state index in [0.717, 1.165) is 11.1 Å². The van der Waals surface area contributed by atoms with Crippen molar-refractivity contribution in [1.29, 1.82) is 0 Å². The van der Waals surface area contributed by atoms with Crippen LogP contribution in [-0.4, -0.2) is 22.8 Å². The highest BCUT2D eigenvalue weighted by atomic mass is 16.5. The zero-order valence-corrected chi connectivity index (χ0v) is 11.4. The van der Waals surface area contributed by atoms with Gasteiger partial charge in [-0.25, -0.2) is 4.79 Å². The van der Waals surface area contributed by atoms with Crippen LogP contribution in [0.3, 0.4) is 0 Å². The van der Waals surface area contributed by atoms with Crippen molar-refractivity contribution in [2.75, 3.05) is 6.61 Å². The molecule has 0 unspecified atom stereocenters. The molecule has 2 aromatic rings. The fraction of sp³-hybridized carbons (Fsp3) is 0.333. The molecule has 4 nitrogen and oxygen atoms in total. The quantitative estimate of drug-likeness (QED) is 0.626. The van der Waals surface area contributed by atoms with Gasteiger partial charge in [-0.3, -0.25) is 4.79 Å². The van der Waals surface area contributed by atoms with Crippen LogP contribution in [0.15, 0.2) is 24.5 Å². The summed E-state index contributed by atoms with van der Waals surface area (Å²) >= 11 is 0. The third-order valence-electron chi connectivity index (χ3n) is 3.07. The molecule has 0 amide bonds. The summed E-state index contributed by atoms with van der Waals surface area (Å²) in [6, 6.07) is 3.56. The number of nitrogens with zero attached hydrogens (tertiary/aromatic N) is 1. The average Bonchev–Trinajstić information content (AvgIpc) is 2.79. The van der Waals surface area contributed by atoms with Crippen molar-refractivity contribution in [3.8, 4) is 0 Å². The molecule has 0 radical (unpaired) electrons. The van der Waals surface area contributed by atoms with Gasteiger partial charge in [-0.15, -0.1) is 0 Å². The summed E-state index contributed by atoms with van der Waals surface area (Å²) in [6.45, 7) is 5.82. The van der Waals surface area contributed by atoms with Crippen molar-refractivity contribution in [3.05, 3.63) is 41.2 Å². The van der Waals surface area contributed by atoms with Crippen LogP contribution < -0.4 is 0 Å². The zero-order chi connectivity index (χ0) is 14.0. The first kappa shape index (κ1) is 13.3. The molecular formula is C15H17NO3. The maximum Gasteiger partial charge on any atom is 0.338 e. The third-order valence-corrected chi connectivity index (χ3v) is 3.07. The SMILES string of the molecule is CCOC(=O)c1cc2cc(C(=O)CC)cn2cc1C. The maximum atomic E-state index is 11.8. The number of hydrogen-bond donors (Lipinski definition) is 0. The summed E-state index contributed by atoms with van der Waals surface area (Å²) in [5.41, 5.74) is 2.87. The van der Waals surface area contributed by atoms with Crippen molar-refractivity contribution < 1.29 is 14.3 Å². The van der Waals surface area contributed by atoms with Crippen LogP contribution in [0.4, 0.5) is 0 Å². The Balaban J connectivity index is 2.49. The highest BCUT2D eigenvalue weighted by Gasteiger charge is 2.13. The molecule has 0 aliphatic carbocycles. The summed E-state index contributed by atoms with van der Waals surface area (Å²) in [5, 5.41) is 0. The number of aryl methyl sites for hydroxylation is 1. The molecule has 19 heavy (non-hydrogen) atoms. The van der Waals surface area contributed by atoms with Crippen LogP contribution in [0.1, 0.15) is 46.5 Å². The first-order chi connectivity index (χ1) is 9.06. The molecule has 0 fully saturated rings. The largest absolute Gasteiger partial charge is 0.462 e. The molecule has 0 saturated carbocycles. The number of rotatable bonds is 4. The van der Waals surface area contributed by atoms with E-state index in [1.54, 1.807) is 25.3 Å². The minimum atomic E-state index is -0.327. The van der Waals surface area contributed by atoms with Gasteiger partial charge >= 0.3 is 5.97 Å². The van der Waals surface area contributed by atoms with E-state index < -0.39 is 0 Å². The Bertz CT molecular complexity index is 640. The zero-order valence-electron chi connectivity index (χ0n) is 11.4. The molecule has 2 rings (SSSR count). The lowest BCUT2D eigenvalue weighted by molar-refractivity contribution is 0.0525. The van der Waals surface area contributed by atoms with E-state index in [1.807, 2.05) is 24.4 Å². The van der Waals surface area contributed by atoms with E-state index in [-0.39, 0.29) is 11.8 Å². The molecule has 0 aliphatic heterocycles. The normalized spacial score (nSPS) is 10.7. The molecule has 0 saturated heterocycles. The molecule has 0 atom stereocenters. The van der Waals surface area contributed by atoms with Gasteiger partial charge in [0.1, 0.15) is 0 Å². The van der Waals surface area contributed by atoms with Crippen LogP contribution in [0.2, 0.25) is 0 Å². The molecule has 0 bridgehead atoms. The molecule has 0 aliphatic rings. The number of ketones is 1. The maximum absolute atomic E-state index is 11.8. The molecule has 4 heteroatoms. The molecule has 2 heterocycles. The molecule has 0 N–H and O–H groups in total. The number of hydrogen-bond acceptors (Lipinski definition) is 3. The number of carbonyl (C=O) groups is 2. The highest BCUT2D eigenvalue weighted by molar-refractivity contribution is 5.98. The first-order valence-corrected chi connectivity index (χ1v) is 6.39. The van der Waals surface area contributed by atoms with Gasteiger partial charge < -0.3 is 9.14 Å². The third kappa shape index (κ3) is 2.52. The first-order valence-electron chi connectivity index (χ1n) is 6.39. The van der Waals surface area contributed by atoms with Gasteiger partial charge in [-0.1, -0.05) is 6.92 Å². The number of esters is 1. The molecule has 2 aromatic heterocycles. The number of pyridine rings is 1. The number of ether oxygens (including phenoxy) is 1. The van der Waals surface area contributed by atoms with Gasteiger partial charge in [0.25, 0.3) is 0 Å². The van der Waals surface area contributed by atoms with E-state index in [1.165, 1.54) is 0 Å². The fourth-order valence-corrected chi connectivity index (χ4v) is 2.05. The molecule has 100 valence electrons. The average molecular weight is 259 g/mol. The lowest BCUT2D eigenvalue weighted by Gasteiger charge is -2.06. The summed E-state index contributed by atoms with van der Waals surface area (Å²) < 4.78 is 6.88. The summed E-state index contributed by atoms with van der Waals surface area (Å²) in [5.74, 6) is -0.230. The molecule has 0 aromatic carbocycles. The van der Waals surface area contributed by atoms with Gasteiger partial charge in [0.2, 0.25) is 0 Å². The van der Waals surface area contributed by atoms with E-state index in [9.17, 15) is 9.59 Å². The van der Waals surface area contributed by atoms with Crippen LogP contribution in [-0.2, 0) is 4.74 Å². The van der Waals surface area contributed by atoms with Crippen molar-refractivity contribution in [3.63, 3.8) is 0 Å². The van der Waals surface area contributed by atoms with Crippen LogP contribution in [0, 0.1) is 6.92 Å². The Hall–Kier alpha value is -2.10. The van der Waals surface area contributed by atoms with Gasteiger partial charge in [0, 0.05) is 29.9 Å². The second-order valence-corrected chi connectivity index (χ2v) is 4.43. The Labute approximate surface area is 112 Å².